The molecule has 1 aliphatic rings. The molecule has 1 aromatic rings. The topological polar surface area (TPSA) is 37.4 Å². The smallest absolute Gasteiger partial charge is 0.207 e. The predicted molar refractivity (Wildman–Crippen MR) is 87.9 cm³/mol. The zero-order valence-electron chi connectivity index (χ0n) is 11.6. The molecule has 0 aromatic heterocycles. The van der Waals surface area contributed by atoms with Gasteiger partial charge in [-0.2, -0.15) is 4.31 Å². The van der Waals surface area contributed by atoms with Gasteiger partial charge in [-0.05, 0) is 30.5 Å². The fourth-order valence-electron chi connectivity index (χ4n) is 2.50. The number of benzene rings is 1. The molecule has 1 aromatic carbocycles. The molecule has 0 saturated carbocycles. The van der Waals surface area contributed by atoms with Crippen molar-refractivity contribution in [2.75, 3.05) is 13.1 Å². The van der Waals surface area contributed by atoms with Crippen molar-refractivity contribution < 1.29 is 8.42 Å². The van der Waals surface area contributed by atoms with Crippen LogP contribution in [-0.2, 0) is 15.9 Å². The molecule has 0 N–H and O–H groups in total. The van der Waals surface area contributed by atoms with Crippen LogP contribution in [0, 0.1) is 0 Å². The Balaban J connectivity index is 2.40. The monoisotopic (exact) mass is 369 g/mol. The van der Waals surface area contributed by atoms with Crippen LogP contribution >= 0.6 is 34.8 Å². The van der Waals surface area contributed by atoms with E-state index in [0.717, 1.165) is 25.7 Å². The van der Waals surface area contributed by atoms with Gasteiger partial charge in [0.05, 0.1) is 5.02 Å². The molecule has 0 radical (unpaired) electrons. The highest BCUT2D eigenvalue weighted by Gasteiger charge is 2.28. The Bertz CT molecular complexity index is 596. The molecule has 1 heterocycles. The number of hydrogen-bond acceptors (Lipinski definition) is 2. The minimum absolute atomic E-state index is 0.0629. The highest BCUT2D eigenvalue weighted by atomic mass is 35.5. The van der Waals surface area contributed by atoms with Gasteiger partial charge in [0.1, 0.15) is 4.90 Å². The van der Waals surface area contributed by atoms with Crippen molar-refractivity contribution in [2.24, 2.45) is 0 Å². The van der Waals surface area contributed by atoms with Crippen LogP contribution in [0.2, 0.25) is 10.0 Å². The molecule has 0 atom stereocenters. The van der Waals surface area contributed by atoms with E-state index in [1.807, 2.05) is 0 Å². The number of hydrogen-bond donors (Lipinski definition) is 0. The average molecular weight is 371 g/mol. The van der Waals surface area contributed by atoms with E-state index >= 15 is 0 Å². The summed E-state index contributed by atoms with van der Waals surface area (Å²) in [6.07, 6.45) is 5.03. The van der Waals surface area contributed by atoms with Gasteiger partial charge in [-0.3, -0.25) is 0 Å². The van der Waals surface area contributed by atoms with Crippen LogP contribution in [0.15, 0.2) is 17.0 Å². The number of halogens is 3. The van der Waals surface area contributed by atoms with Crippen LogP contribution in [0.5, 0.6) is 0 Å². The third kappa shape index (κ3) is 4.05. The lowest BCUT2D eigenvalue weighted by atomic mass is 10.1. The van der Waals surface area contributed by atoms with Crippen LogP contribution in [0.25, 0.3) is 0 Å². The van der Waals surface area contributed by atoms with E-state index in [-0.39, 0.29) is 15.8 Å². The standard InChI is InChI=1S/C14H18Cl3NO2S/c15-10-11-8-12(16)9-13(14(11)17)21(19,20)18-6-4-2-1-3-5-7-18/h8-9H,1-7,10H2. The summed E-state index contributed by atoms with van der Waals surface area (Å²) in [5.74, 6) is 0.127. The van der Waals surface area contributed by atoms with E-state index in [1.54, 1.807) is 6.07 Å². The molecule has 0 unspecified atom stereocenters. The minimum Gasteiger partial charge on any atom is -0.207 e. The first-order valence-electron chi connectivity index (χ1n) is 7.01. The minimum atomic E-state index is -3.63. The Morgan fingerprint density at radius 2 is 1.57 bits per heavy atom. The van der Waals surface area contributed by atoms with E-state index in [0.29, 0.717) is 23.7 Å². The highest BCUT2D eigenvalue weighted by molar-refractivity contribution is 7.89. The third-order valence-electron chi connectivity index (χ3n) is 3.66. The van der Waals surface area contributed by atoms with Gasteiger partial charge in [-0.15, -0.1) is 11.6 Å². The van der Waals surface area contributed by atoms with E-state index in [9.17, 15) is 8.42 Å². The highest BCUT2D eigenvalue weighted by Crippen LogP contribution is 2.33. The maximum Gasteiger partial charge on any atom is 0.244 e. The Morgan fingerprint density at radius 1 is 1.00 bits per heavy atom. The summed E-state index contributed by atoms with van der Waals surface area (Å²) in [4.78, 5) is 0.0629. The van der Waals surface area contributed by atoms with E-state index < -0.39 is 10.0 Å². The number of alkyl halides is 1. The van der Waals surface area contributed by atoms with Crippen LogP contribution in [0.4, 0.5) is 0 Å². The van der Waals surface area contributed by atoms with Crippen LogP contribution in [0.1, 0.15) is 37.7 Å². The molecule has 0 aliphatic carbocycles. The van der Waals surface area contributed by atoms with Crippen molar-refractivity contribution >= 4 is 44.8 Å². The predicted octanol–water partition coefficient (Wildman–Crippen LogP) is 4.69. The normalized spacial score (nSPS) is 18.2. The molecule has 1 saturated heterocycles. The van der Waals surface area contributed by atoms with E-state index in [2.05, 4.69) is 0 Å². The first-order chi connectivity index (χ1) is 9.96. The molecular weight excluding hydrogens is 353 g/mol. The lowest BCUT2D eigenvalue weighted by Crippen LogP contribution is -2.34. The molecule has 0 amide bonds. The third-order valence-corrected chi connectivity index (χ3v) is 6.64. The first kappa shape index (κ1) is 17.4. The Morgan fingerprint density at radius 3 is 2.14 bits per heavy atom. The zero-order valence-corrected chi connectivity index (χ0v) is 14.7. The van der Waals surface area contributed by atoms with E-state index in [1.165, 1.54) is 16.8 Å². The molecule has 2 rings (SSSR count). The summed E-state index contributed by atoms with van der Waals surface area (Å²) in [5.41, 5.74) is 0.538. The Labute approximate surface area is 141 Å². The van der Waals surface area contributed by atoms with Gasteiger partial charge in [0.15, 0.2) is 0 Å². The molecule has 7 heteroatoms. The van der Waals surface area contributed by atoms with Gasteiger partial charge in [-0.1, -0.05) is 42.5 Å². The summed E-state index contributed by atoms with van der Waals surface area (Å²) < 4.78 is 27.2. The second-order valence-corrected chi connectivity index (χ2v) is 8.17. The number of nitrogens with zero attached hydrogens (tertiary/aromatic N) is 1. The summed E-state index contributed by atoms with van der Waals surface area (Å²) in [6, 6.07) is 3.01. The molecule has 0 bridgehead atoms. The maximum atomic E-state index is 12.8. The summed E-state index contributed by atoms with van der Waals surface area (Å²) in [7, 11) is -3.63. The van der Waals surface area contributed by atoms with Gasteiger partial charge >= 0.3 is 0 Å². The van der Waals surface area contributed by atoms with E-state index in [4.69, 9.17) is 34.8 Å². The fourth-order valence-corrected chi connectivity index (χ4v) is 5.20. The quantitative estimate of drug-likeness (QED) is 0.724. The second-order valence-electron chi connectivity index (χ2n) is 5.18. The first-order valence-corrected chi connectivity index (χ1v) is 9.74. The van der Waals surface area contributed by atoms with Crippen molar-refractivity contribution in [1.82, 2.24) is 4.31 Å². The van der Waals surface area contributed by atoms with Gasteiger partial charge in [-0.25, -0.2) is 8.42 Å². The number of sulfonamides is 1. The molecule has 3 nitrogen and oxygen atoms in total. The molecule has 21 heavy (non-hydrogen) atoms. The van der Waals surface area contributed by atoms with Gasteiger partial charge in [0, 0.05) is 24.0 Å². The van der Waals surface area contributed by atoms with Crippen molar-refractivity contribution in [1.29, 1.82) is 0 Å². The van der Waals surface area contributed by atoms with Crippen molar-refractivity contribution in [2.45, 2.75) is 42.9 Å². The van der Waals surface area contributed by atoms with Crippen LogP contribution in [-0.4, -0.2) is 25.8 Å². The molecule has 1 fully saturated rings. The second kappa shape index (κ2) is 7.51. The lowest BCUT2D eigenvalue weighted by molar-refractivity contribution is 0.364. The maximum absolute atomic E-state index is 12.8. The van der Waals surface area contributed by atoms with Crippen molar-refractivity contribution in [3.63, 3.8) is 0 Å². The van der Waals surface area contributed by atoms with Gasteiger partial charge in [0.2, 0.25) is 10.0 Å². The Hall–Kier alpha value is -0.000000000000000132. The lowest BCUT2D eigenvalue weighted by Gasteiger charge is -2.25. The fraction of sp³-hybridized carbons (Fsp3) is 0.571. The van der Waals surface area contributed by atoms with Crippen molar-refractivity contribution in [3.05, 3.63) is 27.7 Å². The summed E-state index contributed by atoms with van der Waals surface area (Å²) >= 11 is 18.0. The van der Waals surface area contributed by atoms with Gasteiger partial charge < -0.3 is 0 Å². The summed E-state index contributed by atoms with van der Waals surface area (Å²) in [6.45, 7) is 1.06. The average Bonchev–Trinajstić information content (AvgIpc) is 2.40. The largest absolute Gasteiger partial charge is 0.244 e. The van der Waals surface area contributed by atoms with Crippen LogP contribution < -0.4 is 0 Å². The van der Waals surface area contributed by atoms with Gasteiger partial charge in [0.25, 0.3) is 0 Å². The molecule has 0 spiro atoms. The van der Waals surface area contributed by atoms with Crippen molar-refractivity contribution in [3.8, 4) is 0 Å². The number of rotatable bonds is 3. The van der Waals surface area contributed by atoms with Crippen LogP contribution in [0.3, 0.4) is 0 Å². The molecular formula is C14H18Cl3NO2S. The summed E-state index contributed by atoms with van der Waals surface area (Å²) in [5, 5.41) is 0.511. The Kier molecular flexibility index (Phi) is 6.21. The molecule has 1 aliphatic heterocycles. The molecule has 118 valence electrons. The SMILES string of the molecule is O=S(=O)(c1cc(Cl)cc(CCl)c1Cl)N1CCCCCCC1. The zero-order chi connectivity index (χ0) is 15.5.